The van der Waals surface area contributed by atoms with E-state index in [1.165, 1.54) is 0 Å². The summed E-state index contributed by atoms with van der Waals surface area (Å²) >= 11 is 0. The van der Waals surface area contributed by atoms with Crippen molar-refractivity contribution in [3.05, 3.63) is 53.9 Å². The van der Waals surface area contributed by atoms with Crippen LogP contribution in [0, 0.1) is 0 Å². The largest absolute Gasteiger partial charge is 0.497 e. The van der Waals surface area contributed by atoms with Crippen LogP contribution in [0.25, 0.3) is 0 Å². The molecule has 3 rings (SSSR count). The van der Waals surface area contributed by atoms with E-state index in [2.05, 4.69) is 4.57 Å². The van der Waals surface area contributed by atoms with Crippen LogP contribution in [0.4, 0.5) is 0 Å². The molecule has 0 N–H and O–H groups in total. The van der Waals surface area contributed by atoms with Gasteiger partial charge in [0, 0.05) is 24.9 Å². The minimum absolute atomic E-state index is 0.0317. The summed E-state index contributed by atoms with van der Waals surface area (Å²) in [6, 6.07) is 11.8. The summed E-state index contributed by atoms with van der Waals surface area (Å²) in [5.74, 6) is 1.09. The highest BCUT2D eigenvalue weighted by molar-refractivity contribution is 5.88. The maximum absolute atomic E-state index is 12.2. The first-order valence-corrected chi connectivity index (χ1v) is 6.08. The van der Waals surface area contributed by atoms with Gasteiger partial charge in [-0.2, -0.15) is 0 Å². The molecule has 92 valence electrons. The molecule has 0 amide bonds. The number of hydrogen-bond acceptors (Lipinski definition) is 2. The standard InChI is InChI=1S/C15H15NO2/c1-18-13-6-4-11(5-7-13)14-10-16-8-2-3-12(16)9-15(14)17/h2-8,14H,9-10H2,1H3. The van der Waals surface area contributed by atoms with Crippen LogP contribution in [-0.4, -0.2) is 17.5 Å². The Labute approximate surface area is 106 Å². The van der Waals surface area contributed by atoms with Gasteiger partial charge in [0.2, 0.25) is 0 Å². The molecule has 3 heteroatoms. The van der Waals surface area contributed by atoms with Crippen molar-refractivity contribution in [1.29, 1.82) is 0 Å². The van der Waals surface area contributed by atoms with Crippen LogP contribution in [-0.2, 0) is 17.8 Å². The van der Waals surface area contributed by atoms with Gasteiger partial charge in [0.1, 0.15) is 11.5 Å². The summed E-state index contributed by atoms with van der Waals surface area (Å²) < 4.78 is 7.30. The Morgan fingerprint density at radius 2 is 2.00 bits per heavy atom. The van der Waals surface area contributed by atoms with Gasteiger partial charge in [-0.3, -0.25) is 4.79 Å². The van der Waals surface area contributed by atoms with Gasteiger partial charge in [0.25, 0.3) is 0 Å². The maximum atomic E-state index is 12.2. The van der Waals surface area contributed by atoms with Gasteiger partial charge in [-0.25, -0.2) is 0 Å². The number of Topliss-reactive ketones (excluding diaryl/α,β-unsaturated/α-hetero) is 1. The molecule has 0 saturated heterocycles. The smallest absolute Gasteiger partial charge is 0.147 e. The van der Waals surface area contributed by atoms with Gasteiger partial charge in [-0.05, 0) is 29.8 Å². The number of fused-ring (bicyclic) bond motifs is 1. The fourth-order valence-electron chi connectivity index (χ4n) is 2.52. The first kappa shape index (κ1) is 11.1. The Kier molecular flexibility index (Phi) is 2.67. The van der Waals surface area contributed by atoms with Crippen molar-refractivity contribution < 1.29 is 9.53 Å². The van der Waals surface area contributed by atoms with Gasteiger partial charge in [0.05, 0.1) is 13.0 Å². The number of carbonyl (C=O) groups is 1. The van der Waals surface area contributed by atoms with Crippen molar-refractivity contribution in [3.8, 4) is 5.75 Å². The van der Waals surface area contributed by atoms with Crippen LogP contribution in [0.2, 0.25) is 0 Å². The molecule has 1 aromatic carbocycles. The van der Waals surface area contributed by atoms with E-state index < -0.39 is 0 Å². The molecule has 18 heavy (non-hydrogen) atoms. The Morgan fingerprint density at radius 1 is 1.22 bits per heavy atom. The van der Waals surface area contributed by atoms with Crippen LogP contribution in [0.1, 0.15) is 17.2 Å². The average molecular weight is 241 g/mol. The Morgan fingerprint density at radius 3 is 2.72 bits per heavy atom. The molecule has 3 nitrogen and oxygen atoms in total. The topological polar surface area (TPSA) is 31.2 Å². The summed E-state index contributed by atoms with van der Waals surface area (Å²) in [6.45, 7) is 0.744. The first-order chi connectivity index (χ1) is 8.78. The van der Waals surface area contributed by atoms with E-state index in [0.717, 1.165) is 23.6 Å². The number of methoxy groups -OCH3 is 1. The van der Waals surface area contributed by atoms with Crippen LogP contribution in [0.15, 0.2) is 42.6 Å². The van der Waals surface area contributed by atoms with E-state index in [1.54, 1.807) is 7.11 Å². The SMILES string of the molecule is COc1ccc(C2Cn3cccc3CC2=O)cc1. The van der Waals surface area contributed by atoms with Crippen LogP contribution >= 0.6 is 0 Å². The van der Waals surface area contributed by atoms with Gasteiger partial charge >= 0.3 is 0 Å². The predicted molar refractivity (Wildman–Crippen MR) is 68.9 cm³/mol. The zero-order valence-electron chi connectivity index (χ0n) is 10.3. The summed E-state index contributed by atoms with van der Waals surface area (Å²) in [4.78, 5) is 12.2. The number of ether oxygens (including phenoxy) is 1. The summed E-state index contributed by atoms with van der Waals surface area (Å²) in [6.07, 6.45) is 2.57. The van der Waals surface area contributed by atoms with Crippen LogP contribution < -0.4 is 4.74 Å². The normalized spacial score (nSPS) is 18.5. The fourth-order valence-corrected chi connectivity index (χ4v) is 2.52. The minimum atomic E-state index is -0.0317. The number of ketones is 1. The Balaban J connectivity index is 1.90. The number of benzene rings is 1. The van der Waals surface area contributed by atoms with Gasteiger partial charge in [0.15, 0.2) is 0 Å². The molecule has 1 aliphatic heterocycles. The molecule has 2 aromatic rings. The van der Waals surface area contributed by atoms with E-state index in [9.17, 15) is 4.79 Å². The third-order valence-electron chi connectivity index (χ3n) is 3.56. The molecular weight excluding hydrogens is 226 g/mol. The van der Waals surface area contributed by atoms with Crippen molar-refractivity contribution in [2.45, 2.75) is 18.9 Å². The molecule has 0 fully saturated rings. The molecule has 2 heterocycles. The van der Waals surface area contributed by atoms with Gasteiger partial charge in [-0.1, -0.05) is 12.1 Å². The highest BCUT2D eigenvalue weighted by Gasteiger charge is 2.26. The maximum Gasteiger partial charge on any atom is 0.147 e. The lowest BCUT2D eigenvalue weighted by Crippen LogP contribution is -2.27. The molecule has 0 aliphatic carbocycles. The average Bonchev–Trinajstić information content (AvgIpc) is 2.85. The Hall–Kier alpha value is -2.03. The minimum Gasteiger partial charge on any atom is -0.497 e. The third-order valence-corrected chi connectivity index (χ3v) is 3.56. The lowest BCUT2D eigenvalue weighted by molar-refractivity contribution is -0.121. The van der Waals surface area contributed by atoms with Gasteiger partial charge < -0.3 is 9.30 Å². The van der Waals surface area contributed by atoms with Crippen molar-refractivity contribution >= 4 is 5.78 Å². The van der Waals surface area contributed by atoms with Crippen LogP contribution in [0.5, 0.6) is 5.75 Å². The zero-order chi connectivity index (χ0) is 12.5. The molecule has 1 unspecified atom stereocenters. The Bertz CT molecular complexity index is 568. The number of nitrogens with zero attached hydrogens (tertiary/aromatic N) is 1. The zero-order valence-corrected chi connectivity index (χ0v) is 10.3. The second-order valence-corrected chi connectivity index (χ2v) is 4.62. The molecule has 1 aliphatic rings. The van der Waals surface area contributed by atoms with E-state index in [4.69, 9.17) is 4.74 Å². The predicted octanol–water partition coefficient (Wildman–Crippen LogP) is 2.41. The van der Waals surface area contributed by atoms with Crippen LogP contribution in [0.3, 0.4) is 0 Å². The number of carbonyl (C=O) groups excluding carboxylic acids is 1. The van der Waals surface area contributed by atoms with Crippen molar-refractivity contribution in [2.24, 2.45) is 0 Å². The highest BCUT2D eigenvalue weighted by Crippen LogP contribution is 2.27. The van der Waals surface area contributed by atoms with E-state index in [-0.39, 0.29) is 5.92 Å². The van der Waals surface area contributed by atoms with Crippen molar-refractivity contribution in [1.82, 2.24) is 4.57 Å². The summed E-state index contributed by atoms with van der Waals surface area (Å²) in [5.41, 5.74) is 2.19. The van der Waals surface area contributed by atoms with E-state index >= 15 is 0 Å². The van der Waals surface area contributed by atoms with Crippen molar-refractivity contribution in [2.75, 3.05) is 7.11 Å². The van der Waals surface area contributed by atoms with Crippen molar-refractivity contribution in [3.63, 3.8) is 0 Å². The summed E-state index contributed by atoms with van der Waals surface area (Å²) in [5, 5.41) is 0. The molecular formula is C15H15NO2. The monoisotopic (exact) mass is 241 g/mol. The third kappa shape index (κ3) is 1.82. The van der Waals surface area contributed by atoms with Gasteiger partial charge in [-0.15, -0.1) is 0 Å². The lowest BCUT2D eigenvalue weighted by atomic mass is 9.89. The molecule has 1 aromatic heterocycles. The second-order valence-electron chi connectivity index (χ2n) is 4.62. The lowest BCUT2D eigenvalue weighted by Gasteiger charge is -2.24. The first-order valence-electron chi connectivity index (χ1n) is 6.08. The highest BCUT2D eigenvalue weighted by atomic mass is 16.5. The van der Waals surface area contributed by atoms with E-state index in [1.807, 2.05) is 42.6 Å². The molecule has 0 saturated carbocycles. The number of aromatic nitrogens is 1. The number of hydrogen-bond donors (Lipinski definition) is 0. The second kappa shape index (κ2) is 4.33. The molecule has 0 spiro atoms. The molecule has 1 atom stereocenters. The number of rotatable bonds is 2. The quantitative estimate of drug-likeness (QED) is 0.808. The fraction of sp³-hybridized carbons (Fsp3) is 0.267. The summed E-state index contributed by atoms with van der Waals surface area (Å²) in [7, 11) is 1.65. The molecule has 0 bridgehead atoms. The molecule has 0 radical (unpaired) electrons. The van der Waals surface area contributed by atoms with E-state index in [0.29, 0.717) is 12.2 Å².